The van der Waals surface area contributed by atoms with E-state index in [-0.39, 0.29) is 23.0 Å². The maximum Gasteiger partial charge on any atom is 0.422 e. The highest BCUT2D eigenvalue weighted by Gasteiger charge is 2.61. The number of fused-ring (bicyclic) bond motifs is 1. The molecule has 1 fully saturated rings. The zero-order valence-electron chi connectivity index (χ0n) is 15.2. The quantitative estimate of drug-likeness (QED) is 0.727. The van der Waals surface area contributed by atoms with Crippen LogP contribution < -0.4 is 10.2 Å². The van der Waals surface area contributed by atoms with Gasteiger partial charge in [-0.05, 0) is 31.4 Å². The lowest BCUT2D eigenvalue weighted by Gasteiger charge is -2.37. The van der Waals surface area contributed by atoms with Crippen LogP contribution in [-0.4, -0.2) is 45.5 Å². The number of piperidine rings is 1. The molecule has 3 N–H and O–H groups in total. The van der Waals surface area contributed by atoms with Crippen LogP contribution in [0.1, 0.15) is 42.0 Å². The van der Waals surface area contributed by atoms with Gasteiger partial charge < -0.3 is 15.3 Å². The number of aromatic amines is 1. The van der Waals surface area contributed by atoms with E-state index in [4.69, 9.17) is 0 Å². The monoisotopic (exact) mass is 395 g/mol. The minimum Gasteiger partial charge on any atom is -0.376 e. The number of pyridine rings is 1. The molecule has 0 radical (unpaired) electrons. The molecule has 0 bridgehead atoms. The number of aliphatic hydroxyl groups is 1. The second-order valence-electron chi connectivity index (χ2n) is 7.40. The van der Waals surface area contributed by atoms with Gasteiger partial charge in [0.1, 0.15) is 5.82 Å². The summed E-state index contributed by atoms with van der Waals surface area (Å²) in [5.41, 5.74) is -2.29. The summed E-state index contributed by atoms with van der Waals surface area (Å²) in [5.74, 6) is -0.559. The van der Waals surface area contributed by atoms with Gasteiger partial charge in [0.2, 0.25) is 5.91 Å². The SMILES string of the molecule is Cc1ccc(N2CCC(c3[nH]nc4c3[C@](O)(C(F)(F)F)CC(=O)N4)CC2)nc1. The van der Waals surface area contributed by atoms with E-state index in [9.17, 15) is 23.1 Å². The van der Waals surface area contributed by atoms with Crippen LogP contribution in [0.4, 0.5) is 24.8 Å². The van der Waals surface area contributed by atoms with Crippen LogP contribution >= 0.6 is 0 Å². The first-order valence-corrected chi connectivity index (χ1v) is 9.04. The molecule has 1 amide bonds. The Morgan fingerprint density at radius 2 is 2.00 bits per heavy atom. The highest BCUT2D eigenvalue weighted by molar-refractivity contribution is 5.94. The maximum absolute atomic E-state index is 13.6. The van der Waals surface area contributed by atoms with Gasteiger partial charge >= 0.3 is 6.18 Å². The topological polar surface area (TPSA) is 94.1 Å². The molecule has 150 valence electrons. The molecule has 1 atom stereocenters. The number of aryl methyl sites for hydroxylation is 1. The molecule has 2 aliphatic rings. The van der Waals surface area contributed by atoms with Crippen molar-refractivity contribution in [3.05, 3.63) is 35.2 Å². The Morgan fingerprint density at radius 3 is 2.61 bits per heavy atom. The van der Waals surface area contributed by atoms with Crippen LogP contribution in [-0.2, 0) is 10.4 Å². The van der Waals surface area contributed by atoms with Crippen molar-refractivity contribution >= 4 is 17.5 Å². The Labute approximate surface area is 159 Å². The summed E-state index contributed by atoms with van der Waals surface area (Å²) >= 11 is 0. The van der Waals surface area contributed by atoms with Crippen LogP contribution in [0.25, 0.3) is 0 Å². The van der Waals surface area contributed by atoms with Gasteiger partial charge in [0.05, 0.1) is 12.0 Å². The molecule has 0 aliphatic carbocycles. The zero-order chi connectivity index (χ0) is 20.1. The molecule has 0 unspecified atom stereocenters. The predicted molar refractivity (Wildman–Crippen MR) is 94.9 cm³/mol. The van der Waals surface area contributed by atoms with Crippen molar-refractivity contribution in [3.63, 3.8) is 0 Å². The van der Waals surface area contributed by atoms with Crippen LogP contribution in [0.3, 0.4) is 0 Å². The fraction of sp³-hybridized carbons (Fsp3) is 0.500. The van der Waals surface area contributed by atoms with Crippen LogP contribution in [0.15, 0.2) is 18.3 Å². The number of aromatic nitrogens is 3. The van der Waals surface area contributed by atoms with Crippen LogP contribution in [0, 0.1) is 6.92 Å². The number of nitrogens with one attached hydrogen (secondary N) is 2. The second-order valence-corrected chi connectivity index (χ2v) is 7.40. The molecule has 0 aromatic carbocycles. The number of carbonyl (C=O) groups excluding carboxylic acids is 1. The summed E-state index contributed by atoms with van der Waals surface area (Å²) in [6, 6.07) is 3.89. The van der Waals surface area contributed by atoms with Gasteiger partial charge in [0, 0.05) is 30.9 Å². The molecule has 1 saturated heterocycles. The summed E-state index contributed by atoms with van der Waals surface area (Å²) in [6.45, 7) is 3.18. The molecule has 2 aromatic heterocycles. The molecule has 7 nitrogen and oxygen atoms in total. The van der Waals surface area contributed by atoms with Crippen molar-refractivity contribution in [3.8, 4) is 0 Å². The average Bonchev–Trinajstić information content (AvgIpc) is 3.06. The van der Waals surface area contributed by atoms with E-state index >= 15 is 0 Å². The van der Waals surface area contributed by atoms with Crippen molar-refractivity contribution in [2.24, 2.45) is 0 Å². The van der Waals surface area contributed by atoms with Crippen LogP contribution in [0.2, 0.25) is 0 Å². The lowest BCUT2D eigenvalue weighted by Crippen LogP contribution is -2.48. The number of hydrogen-bond acceptors (Lipinski definition) is 5. The summed E-state index contributed by atoms with van der Waals surface area (Å²) in [4.78, 5) is 18.1. The predicted octanol–water partition coefficient (Wildman–Crippen LogP) is 2.59. The van der Waals surface area contributed by atoms with E-state index in [1.807, 2.05) is 19.1 Å². The molecular formula is C18H20F3N5O2. The Kier molecular flexibility index (Phi) is 4.33. The molecule has 2 aromatic rings. The van der Waals surface area contributed by atoms with E-state index in [0.717, 1.165) is 11.4 Å². The van der Waals surface area contributed by atoms with Gasteiger partial charge in [-0.25, -0.2) is 4.98 Å². The van der Waals surface area contributed by atoms with E-state index in [1.165, 1.54) is 0 Å². The number of alkyl halides is 3. The maximum atomic E-state index is 13.6. The van der Waals surface area contributed by atoms with Gasteiger partial charge in [0.25, 0.3) is 0 Å². The standard InChI is InChI=1S/C18H20F3N5O2/c1-10-2-3-12(22-9-10)26-6-4-11(5-7-26)15-14-16(25-24-15)23-13(27)8-17(14,28)18(19,20)21/h2-3,9,11,28H,4-8H2,1H3,(H2,23,24,25,27)/t17-/m0/s1. The number of carbonyl (C=O) groups is 1. The molecule has 2 aliphatic heterocycles. The summed E-state index contributed by atoms with van der Waals surface area (Å²) < 4.78 is 40.9. The number of hydrogen-bond donors (Lipinski definition) is 3. The molecular weight excluding hydrogens is 375 g/mol. The van der Waals surface area contributed by atoms with Crippen molar-refractivity contribution < 1.29 is 23.1 Å². The first-order valence-electron chi connectivity index (χ1n) is 9.04. The van der Waals surface area contributed by atoms with E-state index in [0.29, 0.717) is 25.9 Å². The van der Waals surface area contributed by atoms with Crippen molar-refractivity contribution in [2.45, 2.75) is 43.9 Å². The lowest BCUT2D eigenvalue weighted by atomic mass is 9.81. The number of rotatable bonds is 2. The van der Waals surface area contributed by atoms with E-state index < -0.39 is 24.1 Å². The summed E-state index contributed by atoms with van der Waals surface area (Å²) in [5, 5.41) is 19.2. The van der Waals surface area contributed by atoms with Crippen molar-refractivity contribution in [2.75, 3.05) is 23.3 Å². The molecule has 10 heteroatoms. The first kappa shape index (κ1) is 18.7. The van der Waals surface area contributed by atoms with Crippen molar-refractivity contribution in [1.82, 2.24) is 15.2 Å². The molecule has 28 heavy (non-hydrogen) atoms. The smallest absolute Gasteiger partial charge is 0.376 e. The summed E-state index contributed by atoms with van der Waals surface area (Å²) in [6.07, 6.45) is -3.12. The average molecular weight is 395 g/mol. The third kappa shape index (κ3) is 3.01. The minimum atomic E-state index is -4.98. The first-order chi connectivity index (χ1) is 13.2. The third-order valence-corrected chi connectivity index (χ3v) is 5.47. The number of nitrogens with zero attached hydrogens (tertiary/aromatic N) is 3. The largest absolute Gasteiger partial charge is 0.422 e. The van der Waals surface area contributed by atoms with Gasteiger partial charge in [-0.3, -0.25) is 9.89 Å². The summed E-state index contributed by atoms with van der Waals surface area (Å²) in [7, 11) is 0. The van der Waals surface area contributed by atoms with Gasteiger partial charge in [0.15, 0.2) is 11.4 Å². The molecule has 0 saturated carbocycles. The Morgan fingerprint density at radius 1 is 1.29 bits per heavy atom. The lowest BCUT2D eigenvalue weighted by molar-refractivity contribution is -0.267. The van der Waals surface area contributed by atoms with Gasteiger partial charge in [-0.2, -0.15) is 18.3 Å². The zero-order valence-corrected chi connectivity index (χ0v) is 15.2. The number of amides is 1. The molecule has 0 spiro atoms. The second kappa shape index (κ2) is 6.47. The normalized spacial score (nSPS) is 23.5. The van der Waals surface area contributed by atoms with Gasteiger partial charge in [-0.15, -0.1) is 0 Å². The van der Waals surface area contributed by atoms with Crippen LogP contribution in [0.5, 0.6) is 0 Å². The number of halogens is 3. The Bertz CT molecular complexity index is 888. The minimum absolute atomic E-state index is 0.234. The Balaban J connectivity index is 1.59. The number of H-pyrrole nitrogens is 1. The van der Waals surface area contributed by atoms with Crippen molar-refractivity contribution in [1.29, 1.82) is 0 Å². The molecule has 4 heterocycles. The fourth-order valence-electron chi connectivity index (χ4n) is 3.94. The molecule has 4 rings (SSSR count). The van der Waals surface area contributed by atoms with E-state index in [2.05, 4.69) is 25.4 Å². The fourth-order valence-corrected chi connectivity index (χ4v) is 3.94. The number of anilines is 2. The van der Waals surface area contributed by atoms with E-state index in [1.54, 1.807) is 6.20 Å². The Hall–Kier alpha value is -2.62. The highest BCUT2D eigenvalue weighted by Crippen LogP contribution is 2.49. The highest BCUT2D eigenvalue weighted by atomic mass is 19.4. The third-order valence-electron chi connectivity index (χ3n) is 5.47. The van der Waals surface area contributed by atoms with Gasteiger partial charge in [-0.1, -0.05) is 6.07 Å².